The van der Waals surface area contributed by atoms with Crippen molar-refractivity contribution < 1.29 is 9.47 Å². The average molecular weight is 763 g/mol. The molecule has 6 nitrogen and oxygen atoms in total. The van der Waals surface area contributed by atoms with E-state index in [1.165, 1.54) is 0 Å². The van der Waals surface area contributed by atoms with Gasteiger partial charge >= 0.3 is 0 Å². The molecule has 4 heterocycles. The van der Waals surface area contributed by atoms with Crippen LogP contribution in [0.1, 0.15) is 49.9 Å². The molecule has 58 heavy (non-hydrogen) atoms. The number of fused-ring (bicyclic) bond motifs is 6. The van der Waals surface area contributed by atoms with E-state index in [4.69, 9.17) is 9.47 Å². The standard InChI is InChI=1S/2C26H23NO2/c2*1-16-14-19-23(26(2,3)15-29-19)22-20(16)21(17-10-6-4-7-11-17)24(27-25(22)28)18-12-8-5-9-13-18/h2*4-14H,15H2,1-3H3,(H,27,28). The Hall–Kier alpha value is -6.66. The van der Waals surface area contributed by atoms with Crippen LogP contribution in [0.2, 0.25) is 0 Å². The van der Waals surface area contributed by atoms with Gasteiger partial charge in [-0.25, -0.2) is 0 Å². The molecule has 0 spiro atoms. The summed E-state index contributed by atoms with van der Waals surface area (Å²) in [4.78, 5) is 33.3. The number of benzene rings is 6. The van der Waals surface area contributed by atoms with Crippen LogP contribution in [-0.4, -0.2) is 23.2 Å². The third-order valence-corrected chi connectivity index (χ3v) is 11.7. The summed E-state index contributed by atoms with van der Waals surface area (Å²) < 4.78 is 11.9. The highest BCUT2D eigenvalue weighted by Crippen LogP contribution is 2.48. The van der Waals surface area contributed by atoms with Gasteiger partial charge in [0.2, 0.25) is 0 Å². The maximum atomic E-state index is 13.4. The predicted molar refractivity (Wildman–Crippen MR) is 237 cm³/mol. The van der Waals surface area contributed by atoms with Crippen LogP contribution in [0.3, 0.4) is 0 Å². The molecule has 0 saturated heterocycles. The summed E-state index contributed by atoms with van der Waals surface area (Å²) in [5, 5.41) is 3.52. The number of ether oxygens (including phenoxy) is 2. The summed E-state index contributed by atoms with van der Waals surface area (Å²) in [6.45, 7) is 13.9. The van der Waals surface area contributed by atoms with Crippen LogP contribution >= 0.6 is 0 Å². The van der Waals surface area contributed by atoms with E-state index in [1.54, 1.807) is 0 Å². The Morgan fingerprint density at radius 2 is 0.759 bits per heavy atom. The van der Waals surface area contributed by atoms with Crippen LogP contribution < -0.4 is 20.6 Å². The molecule has 2 aliphatic heterocycles. The Balaban J connectivity index is 0.000000150. The Bertz CT molecular complexity index is 2780. The molecule has 2 aliphatic rings. The lowest BCUT2D eigenvalue weighted by Crippen LogP contribution is -2.22. The van der Waals surface area contributed by atoms with Gasteiger partial charge in [0, 0.05) is 43.9 Å². The van der Waals surface area contributed by atoms with Gasteiger partial charge in [-0.05, 0) is 59.4 Å². The first-order valence-electron chi connectivity index (χ1n) is 19.9. The minimum absolute atomic E-state index is 0.0583. The van der Waals surface area contributed by atoms with Crippen LogP contribution in [-0.2, 0) is 10.8 Å². The maximum Gasteiger partial charge on any atom is 0.256 e. The van der Waals surface area contributed by atoms with E-state index in [2.05, 4.69) is 87.9 Å². The maximum absolute atomic E-state index is 13.4. The largest absolute Gasteiger partial charge is 0.492 e. The first-order chi connectivity index (χ1) is 27.9. The molecule has 6 heteroatoms. The lowest BCUT2D eigenvalue weighted by atomic mass is 9.81. The van der Waals surface area contributed by atoms with E-state index in [0.29, 0.717) is 13.2 Å². The second-order valence-electron chi connectivity index (χ2n) is 16.9. The third-order valence-electron chi connectivity index (χ3n) is 11.7. The quantitative estimate of drug-likeness (QED) is 0.187. The fraction of sp³-hybridized carbons (Fsp3) is 0.192. The smallest absolute Gasteiger partial charge is 0.256 e. The highest BCUT2D eigenvalue weighted by molar-refractivity contribution is 6.08. The Morgan fingerprint density at radius 1 is 0.448 bits per heavy atom. The molecule has 0 fully saturated rings. The van der Waals surface area contributed by atoms with Gasteiger partial charge in [-0.1, -0.05) is 149 Å². The minimum atomic E-state index is -0.212. The number of nitrogens with one attached hydrogen (secondary N) is 2. The van der Waals surface area contributed by atoms with Crippen LogP contribution in [0.4, 0.5) is 0 Å². The van der Waals surface area contributed by atoms with Crippen molar-refractivity contribution in [1.82, 2.24) is 9.97 Å². The summed E-state index contributed by atoms with van der Waals surface area (Å²) in [6, 6.07) is 44.9. The molecule has 0 aliphatic carbocycles. The van der Waals surface area contributed by atoms with Crippen LogP contribution in [0.5, 0.6) is 11.5 Å². The Labute approximate surface area is 338 Å². The number of rotatable bonds is 4. The van der Waals surface area contributed by atoms with Gasteiger partial charge in [-0.15, -0.1) is 0 Å². The molecule has 0 amide bonds. The van der Waals surface area contributed by atoms with E-state index in [9.17, 15) is 9.59 Å². The Morgan fingerprint density at radius 3 is 1.09 bits per heavy atom. The predicted octanol–water partition coefficient (Wildman–Crippen LogP) is 11.7. The second-order valence-corrected chi connectivity index (χ2v) is 16.9. The highest BCUT2D eigenvalue weighted by atomic mass is 16.5. The van der Waals surface area contributed by atoms with E-state index in [-0.39, 0.29) is 21.9 Å². The fourth-order valence-corrected chi connectivity index (χ4v) is 9.06. The first-order valence-corrected chi connectivity index (χ1v) is 19.9. The van der Waals surface area contributed by atoms with Crippen molar-refractivity contribution in [3.05, 3.63) is 176 Å². The summed E-state index contributed by atoms with van der Waals surface area (Å²) >= 11 is 0. The number of pyridine rings is 2. The average Bonchev–Trinajstić information content (AvgIpc) is 3.71. The molecule has 10 rings (SSSR count). The zero-order valence-electron chi connectivity index (χ0n) is 33.7. The van der Waals surface area contributed by atoms with Gasteiger partial charge in [-0.2, -0.15) is 0 Å². The number of aromatic amines is 2. The molecule has 0 radical (unpaired) electrons. The lowest BCUT2D eigenvalue weighted by molar-refractivity contribution is 0.291. The van der Waals surface area contributed by atoms with Crippen molar-refractivity contribution in [2.75, 3.05) is 13.2 Å². The third kappa shape index (κ3) is 6.11. The molecule has 0 atom stereocenters. The number of H-pyrrole nitrogens is 2. The number of aryl methyl sites for hydroxylation is 2. The zero-order valence-corrected chi connectivity index (χ0v) is 33.7. The summed E-state index contributed by atoms with van der Waals surface area (Å²) in [6.07, 6.45) is 0. The van der Waals surface area contributed by atoms with Gasteiger partial charge in [0.25, 0.3) is 11.1 Å². The summed E-state index contributed by atoms with van der Waals surface area (Å²) in [5.74, 6) is 1.66. The molecule has 2 N–H and O–H groups in total. The first kappa shape index (κ1) is 36.9. The van der Waals surface area contributed by atoms with E-state index >= 15 is 0 Å². The number of hydrogen-bond donors (Lipinski definition) is 2. The SMILES string of the molecule is Cc1cc2c(c3c(=O)[nH]c(-c4ccccc4)c(-c4ccccc4)c13)C(C)(C)CO2.Cc1cc2c(c3c(=O)[nH]c(-c4ccccc4)c(-c4ccccc4)c13)C(C)(C)CO2. The van der Waals surface area contributed by atoms with Gasteiger partial charge in [0.15, 0.2) is 0 Å². The molecule has 288 valence electrons. The molecular formula is C52H46N2O4. The number of aromatic nitrogens is 2. The van der Waals surface area contributed by atoms with Crippen LogP contribution in [0.15, 0.2) is 143 Å². The van der Waals surface area contributed by atoms with Gasteiger partial charge < -0.3 is 19.4 Å². The molecule has 8 aromatic rings. The summed E-state index contributed by atoms with van der Waals surface area (Å²) in [5.41, 5.74) is 11.6. The van der Waals surface area contributed by atoms with Crippen molar-refractivity contribution in [3.8, 4) is 56.3 Å². The van der Waals surface area contributed by atoms with E-state index in [0.717, 1.165) is 100 Å². The Kier molecular flexibility index (Phi) is 8.96. The molecular weight excluding hydrogens is 717 g/mol. The van der Waals surface area contributed by atoms with Crippen molar-refractivity contribution in [2.24, 2.45) is 0 Å². The summed E-state index contributed by atoms with van der Waals surface area (Å²) in [7, 11) is 0. The second kappa shape index (κ2) is 14.1. The van der Waals surface area contributed by atoms with Crippen molar-refractivity contribution >= 4 is 21.5 Å². The van der Waals surface area contributed by atoms with E-state index < -0.39 is 0 Å². The molecule has 0 bridgehead atoms. The normalized spacial score (nSPS) is 14.6. The van der Waals surface area contributed by atoms with Crippen molar-refractivity contribution in [3.63, 3.8) is 0 Å². The van der Waals surface area contributed by atoms with Crippen molar-refractivity contribution in [1.29, 1.82) is 0 Å². The minimum Gasteiger partial charge on any atom is -0.492 e. The highest BCUT2D eigenvalue weighted by Gasteiger charge is 2.37. The van der Waals surface area contributed by atoms with Crippen LogP contribution in [0.25, 0.3) is 66.3 Å². The van der Waals surface area contributed by atoms with E-state index in [1.807, 2.05) is 97.1 Å². The zero-order chi connectivity index (χ0) is 40.3. The fourth-order valence-electron chi connectivity index (χ4n) is 9.06. The van der Waals surface area contributed by atoms with Crippen LogP contribution in [0, 0.1) is 13.8 Å². The van der Waals surface area contributed by atoms with Gasteiger partial charge in [0.1, 0.15) is 11.5 Å². The lowest BCUT2D eigenvalue weighted by Gasteiger charge is -2.21. The molecule has 6 aromatic carbocycles. The van der Waals surface area contributed by atoms with Gasteiger partial charge in [-0.3, -0.25) is 9.59 Å². The molecule has 0 saturated carbocycles. The van der Waals surface area contributed by atoms with Gasteiger partial charge in [0.05, 0.1) is 35.4 Å². The molecule has 2 aromatic heterocycles. The molecule has 0 unspecified atom stereocenters. The topological polar surface area (TPSA) is 84.2 Å². The van der Waals surface area contributed by atoms with Crippen molar-refractivity contribution in [2.45, 2.75) is 52.4 Å². The number of hydrogen-bond acceptors (Lipinski definition) is 4. The monoisotopic (exact) mass is 762 g/mol.